The molecule has 0 spiro atoms. The van der Waals surface area contributed by atoms with Crippen LogP contribution in [0.2, 0.25) is 0 Å². The molecule has 31 heavy (non-hydrogen) atoms. The zero-order valence-corrected chi connectivity index (χ0v) is 17.6. The van der Waals surface area contributed by atoms with Gasteiger partial charge in [-0.05, 0) is 40.1 Å². The van der Waals surface area contributed by atoms with Crippen LogP contribution >= 0.6 is 11.3 Å². The van der Waals surface area contributed by atoms with Crippen molar-refractivity contribution in [2.45, 2.75) is 6.42 Å². The number of nitrogens with zero attached hydrogens (tertiary/aromatic N) is 2. The standard InChI is InChI=1S/C25H19N3O2S/c1-30-21-11-9-17(10-12-21)13-20(15-26)24(29)28-25-27-16-22(31-25)14-19-7-4-6-18-5-2-3-8-23(18)19/h2-13,16H,14H2,1H3,(H,27,28,29)/b20-13+. The van der Waals surface area contributed by atoms with Crippen LogP contribution < -0.4 is 10.1 Å². The number of methoxy groups -OCH3 is 1. The van der Waals surface area contributed by atoms with E-state index in [0.717, 1.165) is 16.9 Å². The molecule has 1 heterocycles. The number of fused-ring (bicyclic) bond motifs is 1. The third-order valence-corrected chi connectivity index (χ3v) is 5.72. The Morgan fingerprint density at radius 3 is 2.68 bits per heavy atom. The minimum absolute atomic E-state index is 0.0102. The van der Waals surface area contributed by atoms with E-state index in [-0.39, 0.29) is 5.57 Å². The summed E-state index contributed by atoms with van der Waals surface area (Å²) in [6.07, 6.45) is 4.03. The normalized spacial score (nSPS) is 11.2. The molecule has 0 fully saturated rings. The molecule has 4 rings (SSSR count). The first-order valence-corrected chi connectivity index (χ1v) is 10.5. The first-order chi connectivity index (χ1) is 15.2. The first kappa shape index (κ1) is 20.3. The van der Waals surface area contributed by atoms with Crippen molar-refractivity contribution in [2.75, 3.05) is 12.4 Å². The number of nitrogens with one attached hydrogen (secondary N) is 1. The molecule has 0 unspecified atom stereocenters. The quantitative estimate of drug-likeness (QED) is 0.330. The highest BCUT2D eigenvalue weighted by atomic mass is 32.1. The summed E-state index contributed by atoms with van der Waals surface area (Å²) in [5.74, 6) is 0.228. The van der Waals surface area contributed by atoms with Gasteiger partial charge in [0.25, 0.3) is 5.91 Å². The number of benzene rings is 3. The number of carbonyl (C=O) groups excluding carboxylic acids is 1. The van der Waals surface area contributed by atoms with Gasteiger partial charge in [0, 0.05) is 17.5 Å². The monoisotopic (exact) mass is 425 g/mol. The molecule has 6 heteroatoms. The second-order valence-electron chi connectivity index (χ2n) is 6.84. The first-order valence-electron chi connectivity index (χ1n) is 9.65. The van der Waals surface area contributed by atoms with Gasteiger partial charge < -0.3 is 4.74 Å². The van der Waals surface area contributed by atoms with Gasteiger partial charge in [0.05, 0.1) is 7.11 Å². The highest BCUT2D eigenvalue weighted by molar-refractivity contribution is 7.15. The van der Waals surface area contributed by atoms with Crippen LogP contribution in [0.3, 0.4) is 0 Å². The highest BCUT2D eigenvalue weighted by Crippen LogP contribution is 2.26. The fourth-order valence-electron chi connectivity index (χ4n) is 3.26. The molecule has 0 aliphatic carbocycles. The number of aromatic nitrogens is 1. The Bertz CT molecular complexity index is 1300. The van der Waals surface area contributed by atoms with Crippen molar-refractivity contribution < 1.29 is 9.53 Å². The number of hydrogen-bond acceptors (Lipinski definition) is 5. The average molecular weight is 426 g/mol. The smallest absolute Gasteiger partial charge is 0.268 e. The fraction of sp³-hybridized carbons (Fsp3) is 0.0800. The molecule has 4 aromatic rings. The van der Waals surface area contributed by atoms with Gasteiger partial charge in [0.1, 0.15) is 17.4 Å². The van der Waals surface area contributed by atoms with Gasteiger partial charge >= 0.3 is 0 Å². The molecule has 0 aliphatic rings. The van der Waals surface area contributed by atoms with Gasteiger partial charge in [-0.1, -0.05) is 54.6 Å². The van der Waals surface area contributed by atoms with Crippen LogP contribution in [-0.4, -0.2) is 18.0 Å². The molecule has 0 atom stereocenters. The van der Waals surface area contributed by atoms with E-state index >= 15 is 0 Å². The Labute approximate surface area is 184 Å². The molecular weight excluding hydrogens is 406 g/mol. The minimum atomic E-state index is -0.482. The number of ether oxygens (including phenoxy) is 1. The van der Waals surface area contributed by atoms with E-state index in [1.807, 2.05) is 24.3 Å². The Kier molecular flexibility index (Phi) is 6.06. The number of rotatable bonds is 6. The van der Waals surface area contributed by atoms with Crippen molar-refractivity contribution in [3.05, 3.63) is 94.5 Å². The average Bonchev–Trinajstić information content (AvgIpc) is 3.24. The largest absolute Gasteiger partial charge is 0.497 e. The van der Waals surface area contributed by atoms with Crippen molar-refractivity contribution in [3.8, 4) is 11.8 Å². The third-order valence-electron chi connectivity index (χ3n) is 4.81. The summed E-state index contributed by atoms with van der Waals surface area (Å²) in [7, 11) is 1.58. The third kappa shape index (κ3) is 4.80. The number of nitriles is 1. The van der Waals surface area contributed by atoms with Crippen molar-refractivity contribution in [3.63, 3.8) is 0 Å². The van der Waals surface area contributed by atoms with Gasteiger partial charge in [-0.15, -0.1) is 11.3 Å². The van der Waals surface area contributed by atoms with Gasteiger partial charge in [-0.2, -0.15) is 5.26 Å². The molecule has 0 radical (unpaired) electrons. The van der Waals surface area contributed by atoms with E-state index < -0.39 is 5.91 Å². The number of hydrogen-bond donors (Lipinski definition) is 1. The Hall–Kier alpha value is -3.95. The maximum absolute atomic E-state index is 12.6. The second-order valence-corrected chi connectivity index (χ2v) is 7.96. The lowest BCUT2D eigenvalue weighted by Crippen LogP contribution is -2.13. The Morgan fingerprint density at radius 2 is 1.90 bits per heavy atom. The van der Waals surface area contributed by atoms with E-state index in [0.29, 0.717) is 10.9 Å². The summed E-state index contributed by atoms with van der Waals surface area (Å²) in [5, 5.41) is 15.0. The summed E-state index contributed by atoms with van der Waals surface area (Å²) < 4.78 is 5.12. The second kappa shape index (κ2) is 9.24. The Balaban J connectivity index is 1.48. The molecular formula is C25H19N3O2S. The van der Waals surface area contributed by atoms with Crippen LogP contribution in [0, 0.1) is 11.3 Å². The van der Waals surface area contributed by atoms with Gasteiger partial charge in [-0.25, -0.2) is 4.98 Å². The van der Waals surface area contributed by atoms with E-state index in [4.69, 9.17) is 4.74 Å². The topological polar surface area (TPSA) is 75.0 Å². The van der Waals surface area contributed by atoms with Crippen molar-refractivity contribution in [1.82, 2.24) is 4.98 Å². The van der Waals surface area contributed by atoms with Gasteiger partial charge in [0.2, 0.25) is 0 Å². The van der Waals surface area contributed by atoms with Gasteiger partial charge in [-0.3, -0.25) is 10.1 Å². The molecule has 1 amide bonds. The van der Waals surface area contributed by atoms with Crippen LogP contribution in [0.5, 0.6) is 5.75 Å². The predicted octanol–water partition coefficient (Wildman–Crippen LogP) is 5.44. The van der Waals surface area contributed by atoms with Gasteiger partial charge in [0.15, 0.2) is 5.13 Å². The molecule has 0 bridgehead atoms. The lowest BCUT2D eigenvalue weighted by molar-refractivity contribution is -0.112. The molecule has 0 aliphatic heterocycles. The number of thiazole rings is 1. The lowest BCUT2D eigenvalue weighted by atomic mass is 10.0. The molecule has 5 nitrogen and oxygen atoms in total. The van der Waals surface area contributed by atoms with Crippen molar-refractivity contribution in [1.29, 1.82) is 5.26 Å². The summed E-state index contributed by atoms with van der Waals surface area (Å²) in [5.41, 5.74) is 1.95. The molecule has 0 saturated carbocycles. The van der Waals surface area contributed by atoms with Crippen molar-refractivity contribution >= 4 is 39.2 Å². The molecule has 1 aromatic heterocycles. The van der Waals surface area contributed by atoms with E-state index in [1.165, 1.54) is 27.7 Å². The zero-order chi connectivity index (χ0) is 21.6. The number of anilines is 1. The summed E-state index contributed by atoms with van der Waals surface area (Å²) >= 11 is 1.41. The SMILES string of the molecule is COc1ccc(/C=C(\C#N)C(=O)Nc2ncc(Cc3cccc4ccccc34)s2)cc1. The number of amides is 1. The zero-order valence-electron chi connectivity index (χ0n) is 16.8. The highest BCUT2D eigenvalue weighted by Gasteiger charge is 2.13. The summed E-state index contributed by atoms with van der Waals surface area (Å²) in [4.78, 5) is 17.9. The maximum atomic E-state index is 12.6. The fourth-order valence-corrected chi connectivity index (χ4v) is 4.09. The van der Waals surface area contributed by atoms with E-state index in [2.05, 4.69) is 34.6 Å². The lowest BCUT2D eigenvalue weighted by Gasteiger charge is -2.04. The minimum Gasteiger partial charge on any atom is -0.497 e. The van der Waals surface area contributed by atoms with Crippen LogP contribution in [0.1, 0.15) is 16.0 Å². The predicted molar refractivity (Wildman–Crippen MR) is 124 cm³/mol. The summed E-state index contributed by atoms with van der Waals surface area (Å²) in [6, 6.07) is 23.6. The molecule has 1 N–H and O–H groups in total. The summed E-state index contributed by atoms with van der Waals surface area (Å²) in [6.45, 7) is 0. The molecule has 3 aromatic carbocycles. The van der Waals surface area contributed by atoms with Crippen LogP contribution in [0.4, 0.5) is 5.13 Å². The van der Waals surface area contributed by atoms with Crippen LogP contribution in [-0.2, 0) is 11.2 Å². The Morgan fingerprint density at radius 1 is 1.13 bits per heavy atom. The number of carbonyl (C=O) groups is 1. The van der Waals surface area contributed by atoms with Crippen LogP contribution in [0.25, 0.3) is 16.8 Å². The van der Waals surface area contributed by atoms with Crippen molar-refractivity contribution in [2.24, 2.45) is 0 Å². The maximum Gasteiger partial charge on any atom is 0.268 e. The van der Waals surface area contributed by atoms with E-state index in [9.17, 15) is 10.1 Å². The molecule has 152 valence electrons. The van der Waals surface area contributed by atoms with E-state index in [1.54, 1.807) is 43.6 Å². The molecule has 0 saturated heterocycles. The van der Waals surface area contributed by atoms with Crippen LogP contribution in [0.15, 0.2) is 78.5 Å².